The van der Waals surface area contributed by atoms with Crippen LogP contribution < -0.4 is 5.32 Å². The molecule has 0 atom stereocenters. The van der Waals surface area contributed by atoms with Gasteiger partial charge in [-0.05, 0) is 43.2 Å². The minimum Gasteiger partial charge on any atom is -0.310 e. The van der Waals surface area contributed by atoms with Crippen molar-refractivity contribution in [3.63, 3.8) is 0 Å². The van der Waals surface area contributed by atoms with E-state index in [4.69, 9.17) is 11.6 Å². The van der Waals surface area contributed by atoms with E-state index in [1.807, 2.05) is 6.07 Å². The van der Waals surface area contributed by atoms with Crippen LogP contribution >= 0.6 is 11.6 Å². The molecule has 106 valence electrons. The summed E-state index contributed by atoms with van der Waals surface area (Å²) < 4.78 is 13.3. The molecule has 1 aromatic carbocycles. The highest BCUT2D eigenvalue weighted by Crippen LogP contribution is 2.28. The maximum Gasteiger partial charge on any atom is 0.142 e. The third kappa shape index (κ3) is 4.19. The number of hydrogen-bond donors (Lipinski definition) is 1. The van der Waals surface area contributed by atoms with Crippen LogP contribution in [0, 0.1) is 11.7 Å². The van der Waals surface area contributed by atoms with Gasteiger partial charge >= 0.3 is 0 Å². The summed E-state index contributed by atoms with van der Waals surface area (Å²) in [5.74, 6) is 0.591. The van der Waals surface area contributed by atoms with E-state index in [9.17, 15) is 4.39 Å². The predicted octanol–water partition coefficient (Wildman–Crippen LogP) is 4.93. The molecule has 0 radical (unpaired) electrons. The van der Waals surface area contributed by atoms with Gasteiger partial charge in [0.2, 0.25) is 0 Å². The SMILES string of the molecule is CCCC1CCC(NCc2cccc(F)c2Cl)CC1. The van der Waals surface area contributed by atoms with Crippen LogP contribution in [-0.4, -0.2) is 6.04 Å². The van der Waals surface area contributed by atoms with Gasteiger partial charge in [-0.15, -0.1) is 0 Å². The molecular weight excluding hydrogens is 261 g/mol. The summed E-state index contributed by atoms with van der Waals surface area (Å²) in [6.45, 7) is 2.93. The second-order valence-corrected chi connectivity index (χ2v) is 5.98. The van der Waals surface area contributed by atoms with Crippen LogP contribution in [0.5, 0.6) is 0 Å². The maximum absolute atomic E-state index is 13.3. The molecular formula is C16H23ClFN. The van der Waals surface area contributed by atoms with Crippen LogP contribution in [-0.2, 0) is 6.54 Å². The zero-order valence-electron chi connectivity index (χ0n) is 11.6. The first-order valence-electron chi connectivity index (χ1n) is 7.37. The van der Waals surface area contributed by atoms with E-state index < -0.39 is 0 Å². The van der Waals surface area contributed by atoms with Crippen molar-refractivity contribution in [3.8, 4) is 0 Å². The molecule has 1 fully saturated rings. The van der Waals surface area contributed by atoms with Crippen molar-refractivity contribution in [1.82, 2.24) is 5.32 Å². The molecule has 1 saturated carbocycles. The summed E-state index contributed by atoms with van der Waals surface area (Å²) >= 11 is 5.96. The molecule has 0 aromatic heterocycles. The van der Waals surface area contributed by atoms with Gasteiger partial charge in [0.25, 0.3) is 0 Å². The Morgan fingerprint density at radius 2 is 2.00 bits per heavy atom. The Morgan fingerprint density at radius 1 is 1.26 bits per heavy atom. The van der Waals surface area contributed by atoms with Gasteiger partial charge in [0, 0.05) is 12.6 Å². The molecule has 0 heterocycles. The van der Waals surface area contributed by atoms with Crippen LogP contribution in [0.3, 0.4) is 0 Å². The van der Waals surface area contributed by atoms with Crippen molar-refractivity contribution in [2.45, 2.75) is 58.0 Å². The molecule has 0 amide bonds. The lowest BCUT2D eigenvalue weighted by atomic mass is 9.83. The summed E-state index contributed by atoms with van der Waals surface area (Å²) in [7, 11) is 0. The van der Waals surface area contributed by atoms with Gasteiger partial charge in [0.05, 0.1) is 5.02 Å². The summed E-state index contributed by atoms with van der Waals surface area (Å²) in [5, 5.41) is 3.78. The molecule has 19 heavy (non-hydrogen) atoms. The van der Waals surface area contributed by atoms with Crippen molar-refractivity contribution < 1.29 is 4.39 Å². The Labute approximate surface area is 120 Å². The van der Waals surface area contributed by atoms with Crippen LogP contribution in [0.1, 0.15) is 51.0 Å². The highest BCUT2D eigenvalue weighted by atomic mass is 35.5. The van der Waals surface area contributed by atoms with Gasteiger partial charge in [-0.3, -0.25) is 0 Å². The fraction of sp³-hybridized carbons (Fsp3) is 0.625. The second-order valence-electron chi connectivity index (χ2n) is 5.60. The van der Waals surface area contributed by atoms with E-state index in [0.29, 0.717) is 12.6 Å². The first-order valence-corrected chi connectivity index (χ1v) is 7.74. The lowest BCUT2D eigenvalue weighted by Crippen LogP contribution is -2.32. The van der Waals surface area contributed by atoms with Crippen molar-refractivity contribution in [2.24, 2.45) is 5.92 Å². The number of benzene rings is 1. The molecule has 1 aliphatic rings. The first-order chi connectivity index (χ1) is 9.20. The molecule has 0 bridgehead atoms. The van der Waals surface area contributed by atoms with E-state index >= 15 is 0 Å². The Hall–Kier alpha value is -0.600. The van der Waals surface area contributed by atoms with E-state index in [-0.39, 0.29) is 10.8 Å². The number of halogens is 2. The van der Waals surface area contributed by atoms with Crippen molar-refractivity contribution in [3.05, 3.63) is 34.6 Å². The standard InChI is InChI=1S/C16H23ClFN/c1-2-4-12-7-9-14(10-8-12)19-11-13-5-3-6-15(18)16(13)17/h3,5-6,12,14,19H,2,4,7-11H2,1H3. The van der Waals surface area contributed by atoms with Gasteiger partial charge in [-0.25, -0.2) is 4.39 Å². The quantitative estimate of drug-likeness (QED) is 0.808. The molecule has 0 spiro atoms. The van der Waals surface area contributed by atoms with Crippen molar-refractivity contribution >= 4 is 11.6 Å². The molecule has 1 aromatic rings. The fourth-order valence-electron chi connectivity index (χ4n) is 3.00. The average molecular weight is 284 g/mol. The predicted molar refractivity (Wildman–Crippen MR) is 78.9 cm³/mol. The Bertz CT molecular complexity index is 400. The molecule has 0 unspecified atom stereocenters. The molecule has 1 N–H and O–H groups in total. The van der Waals surface area contributed by atoms with Crippen LogP contribution in [0.2, 0.25) is 5.02 Å². The Kier molecular flexibility index (Phi) is 5.65. The Balaban J connectivity index is 1.79. The smallest absolute Gasteiger partial charge is 0.142 e. The molecule has 1 nitrogen and oxygen atoms in total. The summed E-state index contributed by atoms with van der Waals surface area (Å²) in [4.78, 5) is 0. The van der Waals surface area contributed by atoms with Crippen molar-refractivity contribution in [2.75, 3.05) is 0 Å². The van der Waals surface area contributed by atoms with Crippen LogP contribution in [0.15, 0.2) is 18.2 Å². The molecule has 2 rings (SSSR count). The largest absolute Gasteiger partial charge is 0.310 e. The van der Waals surface area contributed by atoms with E-state index in [2.05, 4.69) is 12.2 Å². The second kappa shape index (κ2) is 7.25. The summed E-state index contributed by atoms with van der Waals surface area (Å²) in [6.07, 6.45) is 7.77. The molecule has 0 aliphatic heterocycles. The van der Waals surface area contributed by atoms with Gasteiger partial charge in [0.15, 0.2) is 0 Å². The summed E-state index contributed by atoms with van der Waals surface area (Å²) in [6, 6.07) is 5.58. The lowest BCUT2D eigenvalue weighted by Gasteiger charge is -2.29. The van der Waals surface area contributed by atoms with Gasteiger partial charge in [0.1, 0.15) is 5.82 Å². The van der Waals surface area contributed by atoms with Gasteiger partial charge in [-0.2, -0.15) is 0 Å². The Morgan fingerprint density at radius 3 is 2.68 bits per heavy atom. The first kappa shape index (κ1) is 14.8. The third-order valence-electron chi connectivity index (χ3n) is 4.16. The highest BCUT2D eigenvalue weighted by Gasteiger charge is 2.20. The zero-order chi connectivity index (χ0) is 13.7. The fourth-order valence-corrected chi connectivity index (χ4v) is 3.20. The molecule has 3 heteroatoms. The molecule has 1 aliphatic carbocycles. The monoisotopic (exact) mass is 283 g/mol. The van der Waals surface area contributed by atoms with E-state index in [0.717, 1.165) is 11.5 Å². The number of hydrogen-bond acceptors (Lipinski definition) is 1. The minimum absolute atomic E-state index is 0.259. The number of rotatable bonds is 5. The third-order valence-corrected chi connectivity index (χ3v) is 4.58. The lowest BCUT2D eigenvalue weighted by molar-refractivity contribution is 0.277. The van der Waals surface area contributed by atoms with Crippen molar-refractivity contribution in [1.29, 1.82) is 0 Å². The van der Waals surface area contributed by atoms with Crippen LogP contribution in [0.4, 0.5) is 4.39 Å². The highest BCUT2D eigenvalue weighted by molar-refractivity contribution is 6.31. The average Bonchev–Trinajstić information content (AvgIpc) is 2.42. The van der Waals surface area contributed by atoms with Gasteiger partial charge in [-0.1, -0.05) is 43.5 Å². The van der Waals surface area contributed by atoms with E-state index in [1.165, 1.54) is 44.6 Å². The van der Waals surface area contributed by atoms with Gasteiger partial charge < -0.3 is 5.32 Å². The van der Waals surface area contributed by atoms with Crippen LogP contribution in [0.25, 0.3) is 0 Å². The summed E-state index contributed by atoms with van der Waals surface area (Å²) in [5.41, 5.74) is 0.859. The normalized spacial score (nSPS) is 23.5. The maximum atomic E-state index is 13.3. The zero-order valence-corrected chi connectivity index (χ0v) is 12.3. The number of nitrogens with one attached hydrogen (secondary N) is 1. The molecule has 0 saturated heterocycles. The minimum atomic E-state index is -0.326. The van der Waals surface area contributed by atoms with E-state index in [1.54, 1.807) is 6.07 Å². The topological polar surface area (TPSA) is 12.0 Å².